The first-order chi connectivity index (χ1) is 6.33. The summed E-state index contributed by atoms with van der Waals surface area (Å²) in [5.74, 6) is 0. The van der Waals surface area contributed by atoms with Gasteiger partial charge in [0.2, 0.25) is 0 Å². The van der Waals surface area contributed by atoms with Gasteiger partial charge in [0.25, 0.3) is 0 Å². The number of hydrogen-bond acceptors (Lipinski definition) is 4. The van der Waals surface area contributed by atoms with Crippen LogP contribution in [0.5, 0.6) is 0 Å². The normalized spacial score (nSPS) is 9.62. The van der Waals surface area contributed by atoms with E-state index in [0.717, 1.165) is 0 Å². The van der Waals surface area contributed by atoms with Gasteiger partial charge in [-0.15, -0.1) is 0 Å². The van der Waals surface area contributed by atoms with Crippen LogP contribution in [0.1, 0.15) is 0 Å². The summed E-state index contributed by atoms with van der Waals surface area (Å²) >= 11 is 0. The Labute approximate surface area is 74.0 Å². The van der Waals surface area contributed by atoms with Crippen LogP contribution in [-0.4, -0.2) is 34.5 Å². The molecule has 0 radical (unpaired) electrons. The molecule has 0 fully saturated rings. The highest BCUT2D eigenvalue weighted by Gasteiger charge is 2.00. The number of carbonyl (C=O) groups excluding carboxylic acids is 1. The molecule has 0 spiro atoms. The number of hydroxylamine groups is 1. The van der Waals surface area contributed by atoms with Gasteiger partial charge < -0.3 is 10.4 Å². The molecular formula is C6H10N4O3. The van der Waals surface area contributed by atoms with Gasteiger partial charge in [-0.3, -0.25) is 9.94 Å². The maximum absolute atomic E-state index is 10.9. The van der Waals surface area contributed by atoms with Crippen LogP contribution in [0.25, 0.3) is 0 Å². The summed E-state index contributed by atoms with van der Waals surface area (Å²) < 4.78 is 0. The van der Waals surface area contributed by atoms with Crippen LogP contribution >= 0.6 is 0 Å². The molecule has 1 heterocycles. The van der Waals surface area contributed by atoms with E-state index in [9.17, 15) is 4.79 Å². The highest BCUT2D eigenvalue weighted by molar-refractivity contribution is 5.88. The van der Waals surface area contributed by atoms with E-state index in [1.54, 1.807) is 0 Å². The number of H-pyrrole nitrogens is 1. The van der Waals surface area contributed by atoms with E-state index in [4.69, 9.17) is 5.11 Å². The quantitative estimate of drug-likeness (QED) is 0.374. The molecule has 0 aliphatic heterocycles. The second-order valence-corrected chi connectivity index (χ2v) is 2.12. The van der Waals surface area contributed by atoms with Gasteiger partial charge >= 0.3 is 6.03 Å². The maximum atomic E-state index is 10.9. The first kappa shape index (κ1) is 9.49. The third-order valence-electron chi connectivity index (χ3n) is 1.11. The zero-order valence-electron chi connectivity index (χ0n) is 6.78. The highest BCUT2D eigenvalue weighted by atomic mass is 16.7. The summed E-state index contributed by atoms with van der Waals surface area (Å²) in [5.41, 5.74) is 2.60. The van der Waals surface area contributed by atoms with E-state index >= 15 is 0 Å². The molecule has 1 aromatic heterocycles. The van der Waals surface area contributed by atoms with Gasteiger partial charge in [0.1, 0.15) is 0 Å². The number of nitrogens with zero attached hydrogens (tertiary/aromatic N) is 1. The van der Waals surface area contributed by atoms with E-state index in [0.29, 0.717) is 5.69 Å². The van der Waals surface area contributed by atoms with Crippen LogP contribution in [0.3, 0.4) is 0 Å². The first-order valence-corrected chi connectivity index (χ1v) is 3.61. The van der Waals surface area contributed by atoms with E-state index in [1.807, 2.05) is 0 Å². The lowest BCUT2D eigenvalue weighted by atomic mass is 10.6. The highest BCUT2D eigenvalue weighted by Crippen LogP contribution is 1.99. The van der Waals surface area contributed by atoms with Crippen LogP contribution in [0.2, 0.25) is 0 Å². The van der Waals surface area contributed by atoms with Crippen molar-refractivity contribution in [1.82, 2.24) is 15.7 Å². The standard InChI is InChI=1S/C6H10N4O3/c11-1-2-13-10-6(12)9-5-3-7-8-4-5/h3-4,11H,1-2H2,(H,7,8)(H2,9,10,12). The van der Waals surface area contributed by atoms with E-state index in [1.165, 1.54) is 12.4 Å². The minimum absolute atomic E-state index is 0.0544. The molecule has 7 nitrogen and oxygen atoms in total. The van der Waals surface area contributed by atoms with E-state index < -0.39 is 6.03 Å². The largest absolute Gasteiger partial charge is 0.394 e. The van der Waals surface area contributed by atoms with E-state index in [-0.39, 0.29) is 13.2 Å². The van der Waals surface area contributed by atoms with Crippen molar-refractivity contribution in [2.75, 3.05) is 18.5 Å². The maximum Gasteiger partial charge on any atom is 0.343 e. The Morgan fingerprint density at radius 2 is 2.62 bits per heavy atom. The van der Waals surface area contributed by atoms with Crippen LogP contribution in [0.4, 0.5) is 10.5 Å². The first-order valence-electron chi connectivity index (χ1n) is 3.61. The average Bonchev–Trinajstić information content (AvgIpc) is 2.57. The molecule has 13 heavy (non-hydrogen) atoms. The van der Waals surface area contributed by atoms with E-state index in [2.05, 4.69) is 25.8 Å². The number of urea groups is 1. The second-order valence-electron chi connectivity index (χ2n) is 2.12. The Morgan fingerprint density at radius 3 is 3.23 bits per heavy atom. The fourth-order valence-electron chi connectivity index (χ4n) is 0.638. The van der Waals surface area contributed by atoms with Crippen LogP contribution in [-0.2, 0) is 4.84 Å². The summed E-state index contributed by atoms with van der Waals surface area (Å²) in [6.07, 6.45) is 2.97. The summed E-state index contributed by atoms with van der Waals surface area (Å²) in [6.45, 7) is -0.0925. The van der Waals surface area contributed by atoms with Gasteiger partial charge in [-0.25, -0.2) is 10.3 Å². The third-order valence-corrected chi connectivity index (χ3v) is 1.11. The number of nitrogens with one attached hydrogen (secondary N) is 3. The van der Waals surface area contributed by atoms with Gasteiger partial charge in [0, 0.05) is 6.20 Å². The molecular weight excluding hydrogens is 176 g/mol. The molecule has 72 valence electrons. The molecule has 0 unspecified atom stereocenters. The van der Waals surface area contributed by atoms with Gasteiger partial charge in [0.05, 0.1) is 25.1 Å². The summed E-state index contributed by atoms with van der Waals surface area (Å²) in [7, 11) is 0. The van der Waals surface area contributed by atoms with Crippen LogP contribution < -0.4 is 10.8 Å². The number of aliphatic hydroxyl groups excluding tert-OH is 1. The number of aromatic amines is 1. The fraction of sp³-hybridized carbons (Fsp3) is 0.333. The van der Waals surface area contributed by atoms with Crippen molar-refractivity contribution < 1.29 is 14.7 Å². The zero-order valence-corrected chi connectivity index (χ0v) is 6.78. The Balaban J connectivity index is 2.18. The second kappa shape index (κ2) is 5.12. The molecule has 1 aromatic rings. The minimum Gasteiger partial charge on any atom is -0.394 e. The molecule has 4 N–H and O–H groups in total. The topological polar surface area (TPSA) is 99.3 Å². The molecule has 0 aliphatic rings. The number of aliphatic hydroxyl groups is 1. The monoisotopic (exact) mass is 186 g/mol. The van der Waals surface area contributed by atoms with Crippen molar-refractivity contribution in [3.8, 4) is 0 Å². The van der Waals surface area contributed by atoms with Crippen molar-refractivity contribution in [3.05, 3.63) is 12.4 Å². The Morgan fingerprint density at radius 1 is 1.77 bits per heavy atom. The lowest BCUT2D eigenvalue weighted by molar-refractivity contribution is 0.0400. The average molecular weight is 186 g/mol. The number of carbonyl (C=O) groups is 1. The van der Waals surface area contributed by atoms with Gasteiger partial charge in [-0.1, -0.05) is 0 Å². The Hall–Kier alpha value is -1.60. The molecule has 1 rings (SSSR count). The number of anilines is 1. The molecule has 0 saturated carbocycles. The van der Waals surface area contributed by atoms with Crippen molar-refractivity contribution >= 4 is 11.7 Å². The summed E-state index contributed by atoms with van der Waals surface area (Å²) in [6, 6.07) is -0.519. The lowest BCUT2D eigenvalue weighted by Gasteiger charge is -2.04. The molecule has 0 aromatic carbocycles. The molecule has 0 atom stereocenters. The zero-order chi connectivity index (χ0) is 9.52. The number of aromatic nitrogens is 2. The fourth-order valence-corrected chi connectivity index (χ4v) is 0.638. The Bertz CT molecular complexity index is 248. The smallest absolute Gasteiger partial charge is 0.343 e. The summed E-state index contributed by atoms with van der Waals surface area (Å²) in [5, 5.41) is 16.9. The number of hydrogen-bond donors (Lipinski definition) is 4. The third kappa shape index (κ3) is 3.54. The van der Waals surface area contributed by atoms with Gasteiger partial charge in [-0.05, 0) is 0 Å². The summed E-state index contributed by atoms with van der Waals surface area (Å²) in [4.78, 5) is 15.5. The van der Waals surface area contributed by atoms with Gasteiger partial charge in [-0.2, -0.15) is 5.10 Å². The molecule has 2 amide bonds. The van der Waals surface area contributed by atoms with Crippen LogP contribution in [0, 0.1) is 0 Å². The molecule has 0 aliphatic carbocycles. The number of amides is 2. The molecule has 0 bridgehead atoms. The predicted molar refractivity (Wildman–Crippen MR) is 43.8 cm³/mol. The van der Waals surface area contributed by atoms with Crippen molar-refractivity contribution in [2.45, 2.75) is 0 Å². The van der Waals surface area contributed by atoms with Crippen molar-refractivity contribution in [1.29, 1.82) is 0 Å². The molecule has 7 heteroatoms. The van der Waals surface area contributed by atoms with Crippen molar-refractivity contribution in [3.63, 3.8) is 0 Å². The number of rotatable bonds is 4. The molecule has 0 saturated heterocycles. The Kier molecular flexibility index (Phi) is 3.74. The SMILES string of the molecule is O=C(NOCCO)Nc1cn[nH]c1. The van der Waals surface area contributed by atoms with Crippen molar-refractivity contribution in [2.24, 2.45) is 0 Å². The lowest BCUT2D eigenvalue weighted by Crippen LogP contribution is -2.29. The van der Waals surface area contributed by atoms with Gasteiger partial charge in [0.15, 0.2) is 0 Å². The predicted octanol–water partition coefficient (Wildman–Crippen LogP) is -0.545. The minimum atomic E-state index is -0.519. The van der Waals surface area contributed by atoms with Crippen LogP contribution in [0.15, 0.2) is 12.4 Å².